The third-order valence-electron chi connectivity index (χ3n) is 2.92. The van der Waals surface area contributed by atoms with Gasteiger partial charge in [0.15, 0.2) is 0 Å². The standard InChI is InChI=1S/C14H18F2N4O3.ClH/c1-2-20(13(23)7-18-11(21)6-17)8-12(22)19-14-9(15)4-3-5-10(14)16;/h3-5H,2,6-8,17H2,1H3,(H,18,21)(H,19,22);1H. The predicted molar refractivity (Wildman–Crippen MR) is 86.6 cm³/mol. The summed E-state index contributed by atoms with van der Waals surface area (Å²) >= 11 is 0. The molecule has 0 saturated carbocycles. The molecule has 24 heavy (non-hydrogen) atoms. The molecule has 0 bridgehead atoms. The van der Waals surface area contributed by atoms with Crippen LogP contribution >= 0.6 is 12.4 Å². The maximum Gasteiger partial charge on any atom is 0.244 e. The van der Waals surface area contributed by atoms with E-state index in [2.05, 4.69) is 10.6 Å². The molecule has 0 aliphatic rings. The maximum atomic E-state index is 13.4. The minimum absolute atomic E-state index is 0. The molecule has 1 rings (SSSR count). The molecule has 0 spiro atoms. The highest BCUT2D eigenvalue weighted by Crippen LogP contribution is 2.17. The Hall–Kier alpha value is -2.26. The first-order chi connectivity index (χ1) is 10.9. The quantitative estimate of drug-likeness (QED) is 0.645. The van der Waals surface area contributed by atoms with Gasteiger partial charge in [-0.1, -0.05) is 6.07 Å². The second-order valence-electron chi connectivity index (χ2n) is 4.53. The van der Waals surface area contributed by atoms with E-state index in [1.165, 1.54) is 6.07 Å². The Kier molecular flexibility index (Phi) is 9.51. The van der Waals surface area contributed by atoms with Gasteiger partial charge in [-0.2, -0.15) is 0 Å². The lowest BCUT2D eigenvalue weighted by molar-refractivity contribution is -0.135. The average molecular weight is 365 g/mol. The SMILES string of the molecule is CCN(CC(=O)Nc1c(F)cccc1F)C(=O)CNC(=O)CN.Cl. The summed E-state index contributed by atoms with van der Waals surface area (Å²) in [4.78, 5) is 35.8. The van der Waals surface area contributed by atoms with Crippen molar-refractivity contribution in [1.29, 1.82) is 0 Å². The highest BCUT2D eigenvalue weighted by molar-refractivity contribution is 5.95. The van der Waals surface area contributed by atoms with Crippen molar-refractivity contribution >= 4 is 35.8 Å². The molecule has 0 aromatic heterocycles. The molecule has 7 nitrogen and oxygen atoms in total. The number of anilines is 1. The van der Waals surface area contributed by atoms with Crippen LogP contribution in [0.4, 0.5) is 14.5 Å². The number of likely N-dealkylation sites (N-methyl/N-ethyl adjacent to an activating group) is 1. The van der Waals surface area contributed by atoms with Crippen molar-refractivity contribution < 1.29 is 23.2 Å². The van der Waals surface area contributed by atoms with Gasteiger partial charge in [-0.3, -0.25) is 14.4 Å². The monoisotopic (exact) mass is 364 g/mol. The van der Waals surface area contributed by atoms with Crippen molar-refractivity contribution in [3.63, 3.8) is 0 Å². The van der Waals surface area contributed by atoms with E-state index in [0.29, 0.717) is 0 Å². The van der Waals surface area contributed by atoms with Gasteiger partial charge >= 0.3 is 0 Å². The van der Waals surface area contributed by atoms with Crippen LogP contribution in [0.15, 0.2) is 18.2 Å². The molecule has 0 saturated heterocycles. The number of carbonyl (C=O) groups is 3. The second kappa shape index (κ2) is 10.5. The number of carbonyl (C=O) groups excluding carboxylic acids is 3. The van der Waals surface area contributed by atoms with E-state index < -0.39 is 41.6 Å². The van der Waals surface area contributed by atoms with Crippen LogP contribution in [-0.2, 0) is 14.4 Å². The van der Waals surface area contributed by atoms with Gasteiger partial charge in [0.25, 0.3) is 0 Å². The first-order valence-corrected chi connectivity index (χ1v) is 6.87. The molecule has 4 N–H and O–H groups in total. The fourth-order valence-electron chi connectivity index (χ4n) is 1.70. The summed E-state index contributed by atoms with van der Waals surface area (Å²) in [7, 11) is 0. The zero-order valence-electron chi connectivity index (χ0n) is 13.0. The van der Waals surface area contributed by atoms with Crippen LogP contribution in [0.2, 0.25) is 0 Å². The zero-order valence-corrected chi connectivity index (χ0v) is 13.8. The maximum absolute atomic E-state index is 13.4. The molecule has 0 aliphatic carbocycles. The fourth-order valence-corrected chi connectivity index (χ4v) is 1.70. The third kappa shape index (κ3) is 6.47. The Morgan fingerprint density at radius 1 is 1.17 bits per heavy atom. The summed E-state index contributed by atoms with van der Waals surface area (Å²) in [6.45, 7) is 0.837. The molecule has 1 aromatic carbocycles. The first-order valence-electron chi connectivity index (χ1n) is 6.87. The van der Waals surface area contributed by atoms with Crippen LogP contribution in [0, 0.1) is 11.6 Å². The van der Waals surface area contributed by atoms with Crippen molar-refractivity contribution in [1.82, 2.24) is 10.2 Å². The number of hydrogen-bond acceptors (Lipinski definition) is 4. The van der Waals surface area contributed by atoms with Crippen LogP contribution in [0.5, 0.6) is 0 Å². The minimum Gasteiger partial charge on any atom is -0.346 e. The van der Waals surface area contributed by atoms with Gasteiger partial charge in [0.05, 0.1) is 19.6 Å². The number of nitrogens with zero attached hydrogens (tertiary/aromatic N) is 1. The second-order valence-corrected chi connectivity index (χ2v) is 4.53. The van der Waals surface area contributed by atoms with Crippen molar-refractivity contribution in [3.8, 4) is 0 Å². The van der Waals surface area contributed by atoms with Gasteiger partial charge < -0.3 is 21.3 Å². The lowest BCUT2D eigenvalue weighted by Gasteiger charge is -2.20. The van der Waals surface area contributed by atoms with Crippen molar-refractivity contribution in [2.24, 2.45) is 5.73 Å². The molecule has 1 aromatic rings. The lowest BCUT2D eigenvalue weighted by Crippen LogP contribution is -2.44. The molecule has 0 heterocycles. The van der Waals surface area contributed by atoms with E-state index in [9.17, 15) is 23.2 Å². The van der Waals surface area contributed by atoms with Crippen LogP contribution in [0.1, 0.15) is 6.92 Å². The van der Waals surface area contributed by atoms with E-state index in [0.717, 1.165) is 17.0 Å². The van der Waals surface area contributed by atoms with Gasteiger partial charge in [-0.05, 0) is 19.1 Å². The smallest absolute Gasteiger partial charge is 0.244 e. The summed E-state index contributed by atoms with van der Waals surface area (Å²) in [6.07, 6.45) is 0. The Morgan fingerprint density at radius 3 is 2.25 bits per heavy atom. The summed E-state index contributed by atoms with van der Waals surface area (Å²) in [5.41, 5.74) is 4.52. The third-order valence-corrected chi connectivity index (χ3v) is 2.92. The van der Waals surface area contributed by atoms with E-state index in [1.807, 2.05) is 0 Å². The number of halogens is 3. The Morgan fingerprint density at radius 2 is 1.75 bits per heavy atom. The molecular formula is C14H19ClF2N4O3. The van der Waals surface area contributed by atoms with Gasteiger partial charge in [-0.15, -0.1) is 12.4 Å². The van der Waals surface area contributed by atoms with E-state index >= 15 is 0 Å². The Balaban J connectivity index is 0.00000529. The van der Waals surface area contributed by atoms with E-state index in [1.54, 1.807) is 6.92 Å². The van der Waals surface area contributed by atoms with Crippen molar-refractivity contribution in [2.45, 2.75) is 6.92 Å². The van der Waals surface area contributed by atoms with Crippen LogP contribution in [0.3, 0.4) is 0 Å². The summed E-state index contributed by atoms with van der Waals surface area (Å²) in [5.74, 6) is -3.61. The number of hydrogen-bond donors (Lipinski definition) is 3. The summed E-state index contributed by atoms with van der Waals surface area (Å²) in [6, 6.07) is 3.18. The number of benzene rings is 1. The number of para-hydroxylation sites is 1. The van der Waals surface area contributed by atoms with Crippen LogP contribution in [0.25, 0.3) is 0 Å². The topological polar surface area (TPSA) is 105 Å². The lowest BCUT2D eigenvalue weighted by atomic mass is 10.3. The molecule has 0 aliphatic heterocycles. The normalized spacial score (nSPS) is 9.67. The first kappa shape index (κ1) is 21.7. The molecule has 134 valence electrons. The fraction of sp³-hybridized carbons (Fsp3) is 0.357. The van der Waals surface area contributed by atoms with Gasteiger partial charge in [-0.25, -0.2) is 8.78 Å². The predicted octanol–water partition coefficient (Wildman–Crippen LogP) is 0.249. The summed E-state index contributed by atoms with van der Waals surface area (Å²) < 4.78 is 26.9. The largest absolute Gasteiger partial charge is 0.346 e. The molecule has 0 radical (unpaired) electrons. The molecule has 10 heteroatoms. The molecular weight excluding hydrogens is 346 g/mol. The van der Waals surface area contributed by atoms with Crippen LogP contribution < -0.4 is 16.4 Å². The Labute approximate surface area is 144 Å². The van der Waals surface area contributed by atoms with E-state index in [-0.39, 0.29) is 32.0 Å². The van der Waals surface area contributed by atoms with Crippen molar-refractivity contribution in [2.75, 3.05) is 31.5 Å². The number of amides is 3. The zero-order chi connectivity index (χ0) is 17.4. The highest BCUT2D eigenvalue weighted by Gasteiger charge is 2.18. The number of nitrogens with two attached hydrogens (primary N) is 1. The summed E-state index contributed by atoms with van der Waals surface area (Å²) in [5, 5.41) is 4.37. The van der Waals surface area contributed by atoms with Crippen molar-refractivity contribution in [3.05, 3.63) is 29.8 Å². The number of nitrogens with one attached hydrogen (secondary N) is 2. The highest BCUT2D eigenvalue weighted by atomic mass is 35.5. The van der Waals surface area contributed by atoms with Gasteiger partial charge in [0.2, 0.25) is 17.7 Å². The Bertz CT molecular complexity index is 581. The molecule has 0 fully saturated rings. The molecule has 3 amide bonds. The molecule has 0 unspecified atom stereocenters. The van der Waals surface area contributed by atoms with E-state index in [4.69, 9.17) is 5.73 Å². The van der Waals surface area contributed by atoms with Gasteiger partial charge in [0, 0.05) is 6.54 Å². The number of rotatable bonds is 7. The van der Waals surface area contributed by atoms with Crippen LogP contribution in [-0.4, -0.2) is 48.8 Å². The molecule has 0 atom stereocenters. The average Bonchev–Trinajstić information content (AvgIpc) is 2.53. The van der Waals surface area contributed by atoms with Gasteiger partial charge in [0.1, 0.15) is 17.3 Å². The minimum atomic E-state index is -0.914.